The molecule has 25 heavy (non-hydrogen) atoms. The van der Waals surface area contributed by atoms with Crippen molar-refractivity contribution in [3.05, 3.63) is 91.0 Å². The highest BCUT2D eigenvalue weighted by Crippen LogP contribution is 2.18. The van der Waals surface area contributed by atoms with Crippen LogP contribution in [0.4, 0.5) is 0 Å². The molecule has 0 aliphatic carbocycles. The van der Waals surface area contributed by atoms with Crippen LogP contribution in [0, 0.1) is 0 Å². The van der Waals surface area contributed by atoms with Crippen LogP contribution in [-0.2, 0) is 0 Å². The Hall–Kier alpha value is -3.21. The highest BCUT2D eigenvalue weighted by atomic mass is 16.5. The summed E-state index contributed by atoms with van der Waals surface area (Å²) in [5.41, 5.74) is 0.664. The Labute approximate surface area is 146 Å². The molecule has 0 saturated heterocycles. The van der Waals surface area contributed by atoms with Crippen LogP contribution in [0.25, 0.3) is 0 Å². The van der Waals surface area contributed by atoms with E-state index in [1.165, 1.54) is 6.33 Å². The topological polar surface area (TPSA) is 57.0 Å². The van der Waals surface area contributed by atoms with E-state index in [-0.39, 0.29) is 5.78 Å². The van der Waals surface area contributed by atoms with E-state index in [0.717, 1.165) is 5.75 Å². The second kappa shape index (κ2) is 8.59. The van der Waals surface area contributed by atoms with Gasteiger partial charge in [-0.05, 0) is 18.6 Å². The number of carbonyl (C=O) groups is 1. The lowest BCUT2D eigenvalue weighted by Gasteiger charge is -2.14. The van der Waals surface area contributed by atoms with Crippen molar-refractivity contribution in [2.45, 2.75) is 12.5 Å². The molecule has 5 heteroatoms. The van der Waals surface area contributed by atoms with Crippen molar-refractivity contribution >= 4 is 5.78 Å². The van der Waals surface area contributed by atoms with Gasteiger partial charge in [0.25, 0.3) is 0 Å². The van der Waals surface area contributed by atoms with Crippen LogP contribution in [0.2, 0.25) is 0 Å². The van der Waals surface area contributed by atoms with Gasteiger partial charge in [0.2, 0.25) is 0 Å². The number of benzene rings is 2. The highest BCUT2D eigenvalue weighted by molar-refractivity contribution is 5.99. The molecule has 1 unspecified atom stereocenters. The number of para-hydroxylation sites is 1. The van der Waals surface area contributed by atoms with E-state index in [0.29, 0.717) is 18.6 Å². The Balaban J connectivity index is 1.63. The molecular formula is C20H19N3O2. The van der Waals surface area contributed by atoms with Crippen molar-refractivity contribution in [1.82, 2.24) is 14.8 Å². The summed E-state index contributed by atoms with van der Waals surface area (Å²) in [6, 6.07) is 18.4. The first-order valence-electron chi connectivity index (χ1n) is 8.11. The SMILES string of the molecule is O=C(c1ccccc1)C(CC=CCOc1ccccc1)n1cncn1. The molecule has 5 nitrogen and oxygen atoms in total. The molecule has 3 aromatic rings. The standard InChI is InChI=1S/C20H19N3O2/c24-20(17-9-3-1-4-10-17)19(23-16-21-15-22-23)13-7-8-14-25-18-11-5-2-6-12-18/h1-12,15-16,19H,13-14H2. The predicted octanol–water partition coefficient (Wildman–Crippen LogP) is 3.73. The largest absolute Gasteiger partial charge is 0.490 e. The van der Waals surface area contributed by atoms with Crippen LogP contribution in [-0.4, -0.2) is 27.2 Å². The molecule has 0 fully saturated rings. The average Bonchev–Trinajstić information content (AvgIpc) is 3.20. The second-order valence-corrected chi connectivity index (χ2v) is 5.45. The average molecular weight is 333 g/mol. The van der Waals surface area contributed by atoms with Gasteiger partial charge >= 0.3 is 0 Å². The van der Waals surface area contributed by atoms with Crippen LogP contribution in [0.3, 0.4) is 0 Å². The molecule has 0 radical (unpaired) electrons. The van der Waals surface area contributed by atoms with Gasteiger partial charge < -0.3 is 4.74 Å². The van der Waals surface area contributed by atoms with Crippen LogP contribution in [0.1, 0.15) is 22.8 Å². The summed E-state index contributed by atoms with van der Waals surface area (Å²) < 4.78 is 7.21. The Morgan fingerprint density at radius 3 is 2.44 bits per heavy atom. The first-order chi connectivity index (χ1) is 12.3. The quantitative estimate of drug-likeness (QED) is 0.465. The van der Waals surface area contributed by atoms with Crippen molar-refractivity contribution in [3.8, 4) is 5.75 Å². The number of hydrogen-bond donors (Lipinski definition) is 0. The van der Waals surface area contributed by atoms with Gasteiger partial charge in [0.1, 0.15) is 31.1 Å². The fraction of sp³-hybridized carbons (Fsp3) is 0.150. The lowest BCUT2D eigenvalue weighted by molar-refractivity contribution is 0.0918. The summed E-state index contributed by atoms with van der Waals surface area (Å²) in [5.74, 6) is 0.833. The number of ketones is 1. The smallest absolute Gasteiger partial charge is 0.187 e. The van der Waals surface area contributed by atoms with Crippen LogP contribution in [0.5, 0.6) is 5.75 Å². The maximum absolute atomic E-state index is 12.8. The Kier molecular flexibility index (Phi) is 5.72. The minimum absolute atomic E-state index is 0.0136. The van der Waals surface area contributed by atoms with Crippen LogP contribution < -0.4 is 4.74 Å². The molecule has 0 amide bonds. The van der Waals surface area contributed by atoms with Gasteiger partial charge in [-0.1, -0.05) is 60.7 Å². The molecule has 2 aromatic carbocycles. The molecule has 0 N–H and O–H groups in total. The molecule has 0 bridgehead atoms. The minimum atomic E-state index is -0.419. The predicted molar refractivity (Wildman–Crippen MR) is 95.5 cm³/mol. The number of allylic oxidation sites excluding steroid dienone is 1. The van der Waals surface area contributed by atoms with Crippen molar-refractivity contribution in [3.63, 3.8) is 0 Å². The third-order valence-corrected chi connectivity index (χ3v) is 3.73. The molecule has 1 atom stereocenters. The highest BCUT2D eigenvalue weighted by Gasteiger charge is 2.21. The molecule has 126 valence electrons. The summed E-state index contributed by atoms with van der Waals surface area (Å²) in [6.45, 7) is 0.452. The molecule has 0 aliphatic heterocycles. The van der Waals surface area contributed by atoms with Gasteiger partial charge in [0.15, 0.2) is 5.78 Å². The van der Waals surface area contributed by atoms with E-state index in [2.05, 4.69) is 10.1 Å². The third-order valence-electron chi connectivity index (χ3n) is 3.73. The molecule has 3 rings (SSSR count). The van der Waals surface area contributed by atoms with Gasteiger partial charge in [-0.15, -0.1) is 0 Å². The first kappa shape index (κ1) is 16.6. The van der Waals surface area contributed by atoms with Gasteiger partial charge in [-0.3, -0.25) is 4.79 Å². The zero-order valence-electron chi connectivity index (χ0n) is 13.7. The van der Waals surface area contributed by atoms with E-state index in [1.54, 1.807) is 11.0 Å². The Bertz CT molecular complexity index is 799. The maximum atomic E-state index is 12.8. The zero-order valence-corrected chi connectivity index (χ0v) is 13.7. The summed E-state index contributed by atoms with van der Waals surface area (Å²) in [5, 5.41) is 4.13. The summed E-state index contributed by atoms with van der Waals surface area (Å²) in [4.78, 5) is 16.7. The fourth-order valence-electron chi connectivity index (χ4n) is 2.46. The molecule has 0 saturated carbocycles. The van der Waals surface area contributed by atoms with Crippen LogP contribution >= 0.6 is 0 Å². The van der Waals surface area contributed by atoms with Crippen molar-refractivity contribution < 1.29 is 9.53 Å². The minimum Gasteiger partial charge on any atom is -0.490 e. The molecule has 0 aliphatic rings. The van der Waals surface area contributed by atoms with E-state index in [4.69, 9.17) is 4.74 Å². The molecular weight excluding hydrogens is 314 g/mol. The van der Waals surface area contributed by atoms with E-state index in [1.807, 2.05) is 72.8 Å². The lowest BCUT2D eigenvalue weighted by Crippen LogP contribution is -2.20. The zero-order chi connectivity index (χ0) is 17.3. The number of rotatable bonds is 8. The number of aromatic nitrogens is 3. The van der Waals surface area contributed by atoms with Crippen LogP contribution in [0.15, 0.2) is 85.5 Å². The van der Waals surface area contributed by atoms with Gasteiger partial charge in [-0.25, -0.2) is 9.67 Å². The Morgan fingerprint density at radius 1 is 1.04 bits per heavy atom. The molecule has 0 spiro atoms. The number of Topliss-reactive ketones (excluding diaryl/α,β-unsaturated/α-hetero) is 1. The van der Waals surface area contributed by atoms with Gasteiger partial charge in [-0.2, -0.15) is 5.10 Å². The summed E-state index contributed by atoms with van der Waals surface area (Å²) >= 11 is 0. The van der Waals surface area contributed by atoms with Crippen molar-refractivity contribution in [1.29, 1.82) is 0 Å². The maximum Gasteiger partial charge on any atom is 0.187 e. The first-order valence-corrected chi connectivity index (χ1v) is 8.11. The number of hydrogen-bond acceptors (Lipinski definition) is 4. The van der Waals surface area contributed by atoms with Crippen molar-refractivity contribution in [2.75, 3.05) is 6.61 Å². The fourth-order valence-corrected chi connectivity index (χ4v) is 2.46. The van der Waals surface area contributed by atoms with Gasteiger partial charge in [0, 0.05) is 5.56 Å². The molecule has 1 heterocycles. The van der Waals surface area contributed by atoms with Crippen molar-refractivity contribution in [2.24, 2.45) is 0 Å². The lowest BCUT2D eigenvalue weighted by atomic mass is 10.0. The third kappa shape index (κ3) is 4.64. The normalized spacial score (nSPS) is 12.2. The summed E-state index contributed by atoms with van der Waals surface area (Å²) in [6.07, 6.45) is 7.38. The van der Waals surface area contributed by atoms with E-state index in [9.17, 15) is 4.79 Å². The number of nitrogens with zero attached hydrogens (tertiary/aromatic N) is 3. The van der Waals surface area contributed by atoms with E-state index < -0.39 is 6.04 Å². The Morgan fingerprint density at radius 2 is 1.76 bits per heavy atom. The second-order valence-electron chi connectivity index (χ2n) is 5.45. The van der Waals surface area contributed by atoms with E-state index >= 15 is 0 Å². The van der Waals surface area contributed by atoms with Gasteiger partial charge in [0.05, 0.1) is 0 Å². The number of ether oxygens (including phenoxy) is 1. The summed E-state index contributed by atoms with van der Waals surface area (Å²) in [7, 11) is 0. The molecule has 1 aromatic heterocycles. The number of carbonyl (C=O) groups excluding carboxylic acids is 1. The monoisotopic (exact) mass is 333 g/mol.